The van der Waals surface area contributed by atoms with E-state index in [0.29, 0.717) is 0 Å². The van der Waals surface area contributed by atoms with E-state index in [1.54, 1.807) is 0 Å². The van der Waals surface area contributed by atoms with E-state index < -0.39 is 0 Å². The predicted octanol–water partition coefficient (Wildman–Crippen LogP) is 14.8. The molecule has 0 radical (unpaired) electrons. The third-order valence-corrected chi connectivity index (χ3v) is 15.2. The largest absolute Gasteiger partial charge is 0.365 e. The molecule has 0 spiro atoms. The van der Waals surface area contributed by atoms with Crippen molar-refractivity contribution in [3.8, 4) is 0 Å². The lowest BCUT2D eigenvalue weighted by Crippen LogP contribution is -2.49. The van der Waals surface area contributed by atoms with Gasteiger partial charge in [0.15, 0.2) is 0 Å². The Morgan fingerprint density at radius 1 is 0.708 bits per heavy atom. The van der Waals surface area contributed by atoms with Crippen molar-refractivity contribution >= 4 is 45.5 Å². The summed E-state index contributed by atoms with van der Waals surface area (Å²) in [5.41, 5.74) is 21.3. The van der Waals surface area contributed by atoms with Gasteiger partial charge in [-0.2, -0.15) is 0 Å². The maximum Gasteiger partial charge on any atom is 0.104 e. The van der Waals surface area contributed by atoms with Crippen LogP contribution in [0, 0.1) is 0 Å². The first kappa shape index (κ1) is 39.6. The van der Waals surface area contributed by atoms with Crippen LogP contribution in [0.1, 0.15) is 114 Å². The molecule has 12 rings (SSSR count). The number of hydrogen-bond donors (Lipinski definition) is 2. The van der Waals surface area contributed by atoms with E-state index in [0.717, 1.165) is 19.3 Å². The highest BCUT2D eigenvalue weighted by atomic mass is 15.2. The Morgan fingerprint density at radius 3 is 2.38 bits per heavy atom. The molecule has 3 heteroatoms. The fourth-order valence-corrected chi connectivity index (χ4v) is 12.1. The van der Waals surface area contributed by atoms with Crippen LogP contribution >= 0.6 is 0 Å². The van der Waals surface area contributed by atoms with Gasteiger partial charge in [0.25, 0.3) is 0 Å². The van der Waals surface area contributed by atoms with Crippen LogP contribution in [0.4, 0.5) is 5.69 Å². The molecule has 318 valence electrons. The van der Waals surface area contributed by atoms with Gasteiger partial charge in [-0.15, -0.1) is 0 Å². The maximum atomic E-state index is 4.00. The van der Waals surface area contributed by atoms with Gasteiger partial charge in [0.05, 0.1) is 18.1 Å². The van der Waals surface area contributed by atoms with Crippen molar-refractivity contribution in [2.75, 3.05) is 4.90 Å². The maximum absolute atomic E-state index is 4.00. The second-order valence-corrected chi connectivity index (χ2v) is 18.8. The standard InChI is InChI=1S/C62H55N3/c1-39-37-46-24-11-13-28-51(46)61(65-55-32-17-16-30-53(55)58-50-27-12-10-19-42(50)35-36-56(58)65)57(39)52-29-15-14-26-48(52)40(2)49-31-18-25-43-33-34-47(38-54(43)49)60-41(3)59(44-20-6-4-7-21-44)63-62(64-60)45-22-8-5-9-23-45/h4,6-8,10-30,32-38,53,55,57,59,61-64H,5,9,31H2,1-3H3/b49-40-. The second kappa shape index (κ2) is 16.2. The first-order valence-corrected chi connectivity index (χ1v) is 23.7. The molecular formula is C62H55N3. The molecule has 0 aromatic heterocycles. The Kier molecular flexibility index (Phi) is 9.91. The highest BCUT2D eigenvalue weighted by molar-refractivity contribution is 5.97. The first-order chi connectivity index (χ1) is 32.0. The normalized spacial score (nSPS) is 24.8. The van der Waals surface area contributed by atoms with E-state index in [-0.39, 0.29) is 36.1 Å². The summed E-state index contributed by atoms with van der Waals surface area (Å²) in [5.74, 6) is 0.405. The number of nitrogens with zero attached hydrogens (tertiary/aromatic N) is 1. The minimum atomic E-state index is 0.0107. The van der Waals surface area contributed by atoms with Gasteiger partial charge in [0, 0.05) is 23.2 Å². The fourth-order valence-electron chi connectivity index (χ4n) is 12.1. The van der Waals surface area contributed by atoms with Crippen LogP contribution in [0.5, 0.6) is 0 Å². The number of rotatable bonds is 6. The molecule has 2 aliphatic heterocycles. The average Bonchev–Trinajstić information content (AvgIpc) is 3.70. The smallest absolute Gasteiger partial charge is 0.104 e. The lowest BCUT2D eigenvalue weighted by molar-refractivity contribution is 0.461. The van der Waals surface area contributed by atoms with Crippen LogP contribution in [-0.4, -0.2) is 12.2 Å². The molecule has 0 saturated carbocycles. The Morgan fingerprint density at radius 2 is 1.51 bits per heavy atom. The number of hydrogen-bond acceptors (Lipinski definition) is 3. The zero-order chi connectivity index (χ0) is 43.6. The van der Waals surface area contributed by atoms with Gasteiger partial charge < -0.3 is 10.2 Å². The Bertz CT molecular complexity index is 3150. The van der Waals surface area contributed by atoms with E-state index in [2.05, 4.69) is 231 Å². The van der Waals surface area contributed by atoms with Gasteiger partial charge in [-0.05, 0) is 135 Å². The molecule has 2 heterocycles. The lowest BCUT2D eigenvalue weighted by atomic mass is 9.72. The number of fused-ring (bicyclic) bond motifs is 7. The zero-order valence-electron chi connectivity index (χ0n) is 37.5. The van der Waals surface area contributed by atoms with Crippen molar-refractivity contribution in [2.45, 2.75) is 76.2 Å². The van der Waals surface area contributed by atoms with E-state index in [4.69, 9.17) is 0 Å². The summed E-state index contributed by atoms with van der Waals surface area (Å²) < 4.78 is 0. The molecule has 0 bridgehead atoms. The molecule has 6 aromatic rings. The summed E-state index contributed by atoms with van der Waals surface area (Å²) in [6, 6.07) is 50.7. The fraction of sp³-hybridized carbons (Fsp3) is 0.194. The molecule has 6 unspecified atom stereocenters. The SMILES string of the molecule is CC1=Cc2ccccc2C(N2c3ccc4ccccc4c3C3C=CC=CC32)C1c1ccccc1/C(C)=C1/CC=Cc2ccc(C3=C(C)C(c4ccccc4)NC(C4=CCCC=C4)N3)cc21. The summed E-state index contributed by atoms with van der Waals surface area (Å²) in [7, 11) is 0. The van der Waals surface area contributed by atoms with Crippen molar-refractivity contribution < 1.29 is 0 Å². The second-order valence-electron chi connectivity index (χ2n) is 18.8. The van der Waals surface area contributed by atoms with Gasteiger partial charge in [-0.1, -0.05) is 188 Å². The van der Waals surface area contributed by atoms with Crippen molar-refractivity contribution in [3.05, 3.63) is 249 Å². The van der Waals surface area contributed by atoms with Gasteiger partial charge in [-0.25, -0.2) is 0 Å². The molecular weight excluding hydrogens is 787 g/mol. The third-order valence-electron chi connectivity index (χ3n) is 15.2. The quantitative estimate of drug-likeness (QED) is 0.175. The van der Waals surface area contributed by atoms with Crippen molar-refractivity contribution in [2.24, 2.45) is 0 Å². The van der Waals surface area contributed by atoms with Crippen LogP contribution in [0.3, 0.4) is 0 Å². The summed E-state index contributed by atoms with van der Waals surface area (Å²) in [6.45, 7) is 7.05. The molecule has 0 amide bonds. The monoisotopic (exact) mass is 841 g/mol. The Balaban J connectivity index is 0.990. The molecule has 4 aliphatic carbocycles. The average molecular weight is 842 g/mol. The molecule has 65 heavy (non-hydrogen) atoms. The molecule has 6 aliphatic rings. The number of benzene rings is 6. The highest BCUT2D eigenvalue weighted by Crippen LogP contribution is 2.57. The zero-order valence-corrected chi connectivity index (χ0v) is 37.5. The number of anilines is 1. The summed E-state index contributed by atoms with van der Waals surface area (Å²) >= 11 is 0. The molecule has 6 aromatic carbocycles. The molecule has 3 nitrogen and oxygen atoms in total. The molecule has 2 N–H and O–H groups in total. The summed E-state index contributed by atoms with van der Waals surface area (Å²) in [4.78, 5) is 2.80. The highest BCUT2D eigenvalue weighted by Gasteiger charge is 2.46. The molecule has 0 fully saturated rings. The minimum absolute atomic E-state index is 0.0107. The predicted molar refractivity (Wildman–Crippen MR) is 274 cm³/mol. The van der Waals surface area contributed by atoms with Gasteiger partial charge in [0.1, 0.15) is 6.17 Å². The Hall–Kier alpha value is -6.94. The summed E-state index contributed by atoms with van der Waals surface area (Å²) in [6.07, 6.45) is 26.6. The topological polar surface area (TPSA) is 27.3 Å². The third kappa shape index (κ3) is 6.67. The number of allylic oxidation sites excluding steroid dienone is 7. The van der Waals surface area contributed by atoms with Gasteiger partial charge in [-0.3, -0.25) is 5.32 Å². The molecule has 0 saturated heterocycles. The Labute approximate surface area is 384 Å². The first-order valence-electron chi connectivity index (χ1n) is 23.7. The van der Waals surface area contributed by atoms with E-state index in [9.17, 15) is 0 Å². The van der Waals surface area contributed by atoms with Gasteiger partial charge in [0.2, 0.25) is 0 Å². The van der Waals surface area contributed by atoms with E-state index >= 15 is 0 Å². The van der Waals surface area contributed by atoms with Crippen molar-refractivity contribution in [3.63, 3.8) is 0 Å². The van der Waals surface area contributed by atoms with Crippen LogP contribution in [0.25, 0.3) is 39.8 Å². The minimum Gasteiger partial charge on any atom is -0.365 e. The lowest BCUT2D eigenvalue weighted by Gasteiger charge is -2.44. The number of nitrogens with one attached hydrogen (secondary N) is 2. The van der Waals surface area contributed by atoms with Crippen LogP contribution in [0.2, 0.25) is 0 Å². The van der Waals surface area contributed by atoms with Crippen molar-refractivity contribution in [1.82, 2.24) is 10.6 Å². The summed E-state index contributed by atoms with van der Waals surface area (Å²) in [5, 5.41) is 10.6. The van der Waals surface area contributed by atoms with Gasteiger partial charge >= 0.3 is 0 Å². The van der Waals surface area contributed by atoms with E-state index in [1.807, 2.05) is 0 Å². The molecule has 6 atom stereocenters. The van der Waals surface area contributed by atoms with Crippen LogP contribution in [-0.2, 0) is 0 Å². The van der Waals surface area contributed by atoms with Crippen LogP contribution < -0.4 is 15.5 Å². The van der Waals surface area contributed by atoms with E-state index in [1.165, 1.54) is 100 Å². The van der Waals surface area contributed by atoms with Crippen molar-refractivity contribution in [1.29, 1.82) is 0 Å². The van der Waals surface area contributed by atoms with Crippen LogP contribution in [0.15, 0.2) is 199 Å².